The van der Waals surface area contributed by atoms with Gasteiger partial charge in [-0.1, -0.05) is 12.2 Å². The maximum Gasteiger partial charge on any atom is 0.310 e. The SMILES string of the molecule is O=C(O)C1C=CC(CC2CO2)C(C(=O)O)C1CC1CO1. The molecule has 1 aliphatic carbocycles. The Kier molecular flexibility index (Phi) is 3.52. The Balaban J connectivity index is 1.83. The van der Waals surface area contributed by atoms with Crippen LogP contribution in [-0.2, 0) is 19.1 Å². The van der Waals surface area contributed by atoms with Crippen molar-refractivity contribution < 1.29 is 29.3 Å². The standard InChI is InChI=1S/C14H18O6/c15-13(16)10-2-1-7(3-8-5-19-8)12(14(17)18)11(10)4-9-6-20-9/h1-2,7-12H,3-6H2,(H,15,16)(H,17,18). The predicted octanol–water partition coefficient (Wildman–Crippen LogP) is 0.768. The van der Waals surface area contributed by atoms with Gasteiger partial charge >= 0.3 is 11.9 Å². The molecular formula is C14H18O6. The molecule has 2 heterocycles. The molecule has 6 atom stereocenters. The number of ether oxygens (including phenoxy) is 2. The second kappa shape index (κ2) is 5.18. The Morgan fingerprint density at radius 1 is 1.00 bits per heavy atom. The summed E-state index contributed by atoms with van der Waals surface area (Å²) in [6.45, 7) is 1.28. The zero-order chi connectivity index (χ0) is 14.3. The molecule has 2 aliphatic heterocycles. The average Bonchev–Trinajstić information content (AvgIpc) is 3.23. The molecule has 2 N–H and O–H groups in total. The van der Waals surface area contributed by atoms with Gasteiger partial charge in [-0.2, -0.15) is 0 Å². The van der Waals surface area contributed by atoms with Crippen molar-refractivity contribution in [2.24, 2.45) is 23.7 Å². The van der Waals surface area contributed by atoms with Crippen LogP contribution in [0.1, 0.15) is 12.8 Å². The summed E-state index contributed by atoms with van der Waals surface area (Å²) in [6, 6.07) is 0. The first-order chi connectivity index (χ1) is 9.56. The maximum atomic E-state index is 11.6. The molecule has 2 fully saturated rings. The summed E-state index contributed by atoms with van der Waals surface area (Å²) in [7, 11) is 0. The van der Waals surface area contributed by atoms with Crippen molar-refractivity contribution in [2.45, 2.75) is 25.0 Å². The number of carbonyl (C=O) groups is 2. The lowest BCUT2D eigenvalue weighted by Gasteiger charge is -2.35. The fourth-order valence-corrected chi connectivity index (χ4v) is 3.23. The third-order valence-corrected chi connectivity index (χ3v) is 4.39. The minimum absolute atomic E-state index is 0.0213. The number of carboxylic acids is 2. The van der Waals surface area contributed by atoms with E-state index in [1.165, 1.54) is 0 Å². The summed E-state index contributed by atoms with van der Waals surface area (Å²) in [4.78, 5) is 23.0. The van der Waals surface area contributed by atoms with E-state index in [1.54, 1.807) is 12.2 Å². The summed E-state index contributed by atoms with van der Waals surface area (Å²) < 4.78 is 10.3. The van der Waals surface area contributed by atoms with Crippen LogP contribution in [0.2, 0.25) is 0 Å². The van der Waals surface area contributed by atoms with Crippen LogP contribution in [0.4, 0.5) is 0 Å². The van der Waals surface area contributed by atoms with Crippen molar-refractivity contribution in [1.82, 2.24) is 0 Å². The Hall–Kier alpha value is -1.40. The van der Waals surface area contributed by atoms with Crippen LogP contribution in [-0.4, -0.2) is 47.6 Å². The average molecular weight is 282 g/mol. The highest BCUT2D eigenvalue weighted by molar-refractivity contribution is 5.77. The molecule has 2 saturated heterocycles. The van der Waals surface area contributed by atoms with Crippen molar-refractivity contribution in [3.05, 3.63) is 12.2 Å². The molecule has 110 valence electrons. The first kappa shape index (κ1) is 13.6. The molecule has 0 bridgehead atoms. The molecule has 0 aromatic heterocycles. The van der Waals surface area contributed by atoms with Gasteiger partial charge in [0.15, 0.2) is 0 Å². The number of rotatable bonds is 6. The third kappa shape index (κ3) is 2.86. The highest BCUT2D eigenvalue weighted by Crippen LogP contribution is 2.42. The second-order valence-corrected chi connectivity index (χ2v) is 5.82. The Labute approximate surface area is 116 Å². The van der Waals surface area contributed by atoms with E-state index in [0.29, 0.717) is 26.1 Å². The fourth-order valence-electron chi connectivity index (χ4n) is 3.23. The zero-order valence-corrected chi connectivity index (χ0v) is 11.0. The molecule has 6 nitrogen and oxygen atoms in total. The van der Waals surface area contributed by atoms with Crippen LogP contribution < -0.4 is 0 Å². The lowest BCUT2D eigenvalue weighted by atomic mass is 9.67. The summed E-state index contributed by atoms with van der Waals surface area (Å²) in [5, 5.41) is 18.8. The number of hydrogen-bond acceptors (Lipinski definition) is 4. The van der Waals surface area contributed by atoms with E-state index in [4.69, 9.17) is 9.47 Å². The van der Waals surface area contributed by atoms with Gasteiger partial charge in [0.1, 0.15) is 0 Å². The van der Waals surface area contributed by atoms with Crippen LogP contribution in [0.25, 0.3) is 0 Å². The van der Waals surface area contributed by atoms with E-state index in [0.717, 1.165) is 0 Å². The lowest BCUT2D eigenvalue weighted by Crippen LogP contribution is -2.41. The largest absolute Gasteiger partial charge is 0.481 e. The molecule has 0 radical (unpaired) electrons. The molecule has 3 rings (SSSR count). The zero-order valence-electron chi connectivity index (χ0n) is 11.0. The second-order valence-electron chi connectivity index (χ2n) is 5.82. The normalized spacial score (nSPS) is 42.2. The molecule has 0 spiro atoms. The lowest BCUT2D eigenvalue weighted by molar-refractivity contribution is -0.150. The number of allylic oxidation sites excluding steroid dienone is 1. The Morgan fingerprint density at radius 2 is 1.60 bits per heavy atom. The predicted molar refractivity (Wildman–Crippen MR) is 67.1 cm³/mol. The van der Waals surface area contributed by atoms with E-state index in [1.807, 2.05) is 0 Å². The summed E-state index contributed by atoms with van der Waals surface area (Å²) in [5.74, 6) is -3.85. The van der Waals surface area contributed by atoms with Gasteiger partial charge in [-0.3, -0.25) is 9.59 Å². The smallest absolute Gasteiger partial charge is 0.310 e. The van der Waals surface area contributed by atoms with Crippen LogP contribution in [0.3, 0.4) is 0 Å². The van der Waals surface area contributed by atoms with Gasteiger partial charge in [0.2, 0.25) is 0 Å². The Bertz CT molecular complexity index is 437. The topological polar surface area (TPSA) is 99.7 Å². The van der Waals surface area contributed by atoms with Crippen molar-refractivity contribution in [1.29, 1.82) is 0 Å². The van der Waals surface area contributed by atoms with Crippen molar-refractivity contribution in [3.8, 4) is 0 Å². The molecule has 3 aliphatic rings. The summed E-state index contributed by atoms with van der Waals surface area (Å²) in [5.41, 5.74) is 0. The molecule has 0 amide bonds. The van der Waals surface area contributed by atoms with Crippen molar-refractivity contribution in [2.75, 3.05) is 13.2 Å². The molecular weight excluding hydrogens is 264 g/mol. The van der Waals surface area contributed by atoms with Gasteiger partial charge in [-0.05, 0) is 24.7 Å². The number of epoxide rings is 2. The van der Waals surface area contributed by atoms with Crippen LogP contribution in [0, 0.1) is 23.7 Å². The fraction of sp³-hybridized carbons (Fsp3) is 0.714. The first-order valence-electron chi connectivity index (χ1n) is 6.93. The van der Waals surface area contributed by atoms with E-state index < -0.39 is 29.7 Å². The molecule has 0 saturated carbocycles. The quantitative estimate of drug-likeness (QED) is 0.551. The Morgan fingerprint density at radius 3 is 2.10 bits per heavy atom. The minimum atomic E-state index is -0.959. The van der Waals surface area contributed by atoms with Crippen molar-refractivity contribution in [3.63, 3.8) is 0 Å². The van der Waals surface area contributed by atoms with E-state index in [9.17, 15) is 19.8 Å². The van der Waals surface area contributed by atoms with Gasteiger partial charge < -0.3 is 19.7 Å². The summed E-state index contributed by atoms with van der Waals surface area (Å²) in [6.07, 6.45) is 4.71. The molecule has 6 unspecified atom stereocenters. The first-order valence-corrected chi connectivity index (χ1v) is 6.93. The molecule has 6 heteroatoms. The maximum absolute atomic E-state index is 11.6. The van der Waals surface area contributed by atoms with E-state index in [2.05, 4.69) is 0 Å². The third-order valence-electron chi connectivity index (χ3n) is 4.39. The molecule has 20 heavy (non-hydrogen) atoms. The van der Waals surface area contributed by atoms with Gasteiger partial charge in [-0.25, -0.2) is 0 Å². The number of hydrogen-bond donors (Lipinski definition) is 2. The minimum Gasteiger partial charge on any atom is -0.481 e. The van der Waals surface area contributed by atoms with E-state index >= 15 is 0 Å². The highest BCUT2D eigenvalue weighted by Gasteiger charge is 2.47. The summed E-state index contributed by atoms with van der Waals surface area (Å²) >= 11 is 0. The molecule has 0 aromatic rings. The van der Waals surface area contributed by atoms with Gasteiger partial charge in [-0.15, -0.1) is 0 Å². The molecule has 0 aromatic carbocycles. The number of carboxylic acid groups (broad SMARTS) is 2. The van der Waals surface area contributed by atoms with Crippen LogP contribution in [0.5, 0.6) is 0 Å². The monoisotopic (exact) mass is 282 g/mol. The number of aliphatic carboxylic acids is 2. The van der Waals surface area contributed by atoms with Gasteiger partial charge in [0.25, 0.3) is 0 Å². The van der Waals surface area contributed by atoms with Crippen molar-refractivity contribution >= 4 is 11.9 Å². The van der Waals surface area contributed by atoms with Crippen LogP contribution in [0.15, 0.2) is 12.2 Å². The highest BCUT2D eigenvalue weighted by atomic mass is 16.6. The van der Waals surface area contributed by atoms with Gasteiger partial charge in [0.05, 0.1) is 37.3 Å². The van der Waals surface area contributed by atoms with Gasteiger partial charge in [0, 0.05) is 0 Å². The van der Waals surface area contributed by atoms with Crippen LogP contribution >= 0.6 is 0 Å². The van der Waals surface area contributed by atoms with E-state index in [-0.39, 0.29) is 18.1 Å².